The highest BCUT2D eigenvalue weighted by Gasteiger charge is 2.41. The third kappa shape index (κ3) is 2.71. The van der Waals surface area contributed by atoms with E-state index in [1.165, 1.54) is 32.2 Å². The molecule has 1 atom stereocenters. The lowest BCUT2D eigenvalue weighted by molar-refractivity contribution is 0.00934. The van der Waals surface area contributed by atoms with Gasteiger partial charge in [-0.15, -0.1) is 0 Å². The Balaban J connectivity index is 2.32. The van der Waals surface area contributed by atoms with Crippen molar-refractivity contribution >= 4 is 0 Å². The molecule has 1 aliphatic rings. The maximum Gasteiger partial charge on any atom is 0.0493 e. The van der Waals surface area contributed by atoms with Gasteiger partial charge >= 0.3 is 0 Å². The summed E-state index contributed by atoms with van der Waals surface area (Å²) in [6.45, 7) is 7.80. The largest absolute Gasteiger partial charge is 0.384 e. The third-order valence-corrected chi connectivity index (χ3v) is 3.72. The first kappa shape index (κ1) is 12.0. The van der Waals surface area contributed by atoms with Crippen LogP contribution in [0.2, 0.25) is 0 Å². The van der Waals surface area contributed by atoms with E-state index in [1.807, 2.05) is 7.11 Å². The van der Waals surface area contributed by atoms with Gasteiger partial charge in [0.25, 0.3) is 0 Å². The first-order valence-electron chi connectivity index (χ1n) is 5.95. The van der Waals surface area contributed by atoms with Crippen LogP contribution in [-0.2, 0) is 4.74 Å². The highest BCUT2D eigenvalue weighted by atomic mass is 16.5. The molecule has 1 fully saturated rings. The summed E-state index contributed by atoms with van der Waals surface area (Å²) >= 11 is 0. The first-order chi connectivity index (χ1) is 6.75. The van der Waals surface area contributed by atoms with Crippen molar-refractivity contribution in [2.45, 2.75) is 39.5 Å². The Morgan fingerprint density at radius 3 is 2.57 bits per heavy atom. The Morgan fingerprint density at radius 1 is 1.43 bits per heavy atom. The summed E-state index contributed by atoms with van der Waals surface area (Å²) in [5.74, 6) is 0.700. The van der Waals surface area contributed by atoms with Gasteiger partial charge in [0.2, 0.25) is 0 Å². The molecule has 0 spiro atoms. The third-order valence-electron chi connectivity index (χ3n) is 3.72. The number of ether oxygens (including phenoxy) is 1. The summed E-state index contributed by atoms with van der Waals surface area (Å²) in [6.07, 6.45) is 5.40. The molecule has 84 valence electrons. The minimum Gasteiger partial charge on any atom is -0.384 e. The van der Waals surface area contributed by atoms with E-state index in [1.54, 1.807) is 0 Å². The lowest BCUT2D eigenvalue weighted by Crippen LogP contribution is -2.46. The van der Waals surface area contributed by atoms with E-state index >= 15 is 0 Å². The quantitative estimate of drug-likeness (QED) is 0.636. The fourth-order valence-electron chi connectivity index (χ4n) is 2.42. The minimum absolute atomic E-state index is 0.547. The fraction of sp³-hybridized carbons (Fsp3) is 1.00. The fourth-order valence-corrected chi connectivity index (χ4v) is 2.42. The van der Waals surface area contributed by atoms with E-state index in [-0.39, 0.29) is 0 Å². The Bertz CT molecular complexity index is 154. The van der Waals surface area contributed by atoms with Crippen LogP contribution in [-0.4, -0.2) is 26.8 Å². The van der Waals surface area contributed by atoms with Crippen LogP contribution in [0.5, 0.6) is 0 Å². The van der Waals surface area contributed by atoms with Crippen LogP contribution in [0.25, 0.3) is 0 Å². The van der Waals surface area contributed by atoms with Crippen LogP contribution in [0.4, 0.5) is 0 Å². The van der Waals surface area contributed by atoms with Crippen molar-refractivity contribution in [1.29, 1.82) is 0 Å². The van der Waals surface area contributed by atoms with Crippen molar-refractivity contribution < 1.29 is 4.74 Å². The molecule has 2 nitrogen and oxygen atoms in total. The van der Waals surface area contributed by atoms with Crippen molar-refractivity contribution in [1.82, 2.24) is 5.32 Å². The van der Waals surface area contributed by atoms with E-state index in [4.69, 9.17) is 4.74 Å². The van der Waals surface area contributed by atoms with Crippen LogP contribution < -0.4 is 5.32 Å². The number of methoxy groups -OCH3 is 1. The van der Waals surface area contributed by atoms with E-state index < -0.39 is 0 Å². The topological polar surface area (TPSA) is 21.3 Å². The van der Waals surface area contributed by atoms with Crippen LogP contribution in [0.1, 0.15) is 39.5 Å². The Morgan fingerprint density at radius 2 is 2.14 bits per heavy atom. The van der Waals surface area contributed by atoms with Crippen molar-refractivity contribution in [2.24, 2.45) is 11.3 Å². The van der Waals surface area contributed by atoms with E-state index in [0.717, 1.165) is 13.2 Å². The van der Waals surface area contributed by atoms with E-state index in [2.05, 4.69) is 19.2 Å². The molecule has 0 aliphatic heterocycles. The van der Waals surface area contributed by atoms with Gasteiger partial charge in [-0.25, -0.2) is 0 Å². The molecule has 0 bridgehead atoms. The maximum atomic E-state index is 5.26. The molecule has 0 aromatic heterocycles. The summed E-state index contributed by atoms with van der Waals surface area (Å²) in [4.78, 5) is 0. The smallest absolute Gasteiger partial charge is 0.0493 e. The second-order valence-electron chi connectivity index (χ2n) is 4.75. The molecule has 0 amide bonds. The van der Waals surface area contributed by atoms with Gasteiger partial charge in [-0.05, 0) is 37.1 Å². The van der Waals surface area contributed by atoms with Gasteiger partial charge in [0.1, 0.15) is 0 Å². The monoisotopic (exact) mass is 199 g/mol. The SMILES string of the molecule is CCCNCC1(C(C)COC)CCC1. The predicted octanol–water partition coefficient (Wildman–Crippen LogP) is 2.44. The number of hydrogen-bond acceptors (Lipinski definition) is 2. The zero-order valence-electron chi connectivity index (χ0n) is 9.94. The van der Waals surface area contributed by atoms with Crippen LogP contribution >= 0.6 is 0 Å². The van der Waals surface area contributed by atoms with Gasteiger partial charge in [-0.3, -0.25) is 0 Å². The molecular weight excluding hydrogens is 174 g/mol. The van der Waals surface area contributed by atoms with Crippen LogP contribution in [0.15, 0.2) is 0 Å². The molecule has 0 aromatic rings. The van der Waals surface area contributed by atoms with Gasteiger partial charge in [0.15, 0.2) is 0 Å². The highest BCUT2D eigenvalue weighted by Crippen LogP contribution is 2.46. The lowest BCUT2D eigenvalue weighted by atomic mass is 9.61. The average Bonchev–Trinajstić information content (AvgIpc) is 2.10. The van der Waals surface area contributed by atoms with Crippen molar-refractivity contribution in [2.75, 3.05) is 26.8 Å². The Hall–Kier alpha value is -0.0800. The molecule has 0 radical (unpaired) electrons. The summed E-state index contributed by atoms with van der Waals surface area (Å²) in [5, 5.41) is 3.56. The molecule has 14 heavy (non-hydrogen) atoms. The standard InChI is InChI=1S/C12H25NO/c1-4-8-13-10-12(6-5-7-12)11(2)9-14-3/h11,13H,4-10H2,1-3H3. The Kier molecular flexibility index (Phi) is 4.90. The van der Waals surface area contributed by atoms with E-state index in [9.17, 15) is 0 Å². The molecule has 1 N–H and O–H groups in total. The highest BCUT2D eigenvalue weighted by molar-refractivity contribution is 4.93. The second-order valence-corrected chi connectivity index (χ2v) is 4.75. The molecule has 1 unspecified atom stereocenters. The average molecular weight is 199 g/mol. The molecule has 0 saturated heterocycles. The summed E-state index contributed by atoms with van der Waals surface area (Å²) in [6, 6.07) is 0. The molecular formula is C12H25NO. The van der Waals surface area contributed by atoms with Crippen molar-refractivity contribution in [3.05, 3.63) is 0 Å². The summed E-state index contributed by atoms with van der Waals surface area (Å²) < 4.78 is 5.26. The maximum absolute atomic E-state index is 5.26. The normalized spacial score (nSPS) is 21.6. The number of nitrogens with one attached hydrogen (secondary N) is 1. The van der Waals surface area contributed by atoms with Gasteiger partial charge in [-0.2, -0.15) is 0 Å². The van der Waals surface area contributed by atoms with Gasteiger partial charge in [0, 0.05) is 20.3 Å². The molecule has 2 heteroatoms. The molecule has 0 aromatic carbocycles. The van der Waals surface area contributed by atoms with Crippen molar-refractivity contribution in [3.8, 4) is 0 Å². The molecule has 1 aliphatic carbocycles. The Labute approximate surface area is 88.4 Å². The van der Waals surface area contributed by atoms with Crippen molar-refractivity contribution in [3.63, 3.8) is 0 Å². The predicted molar refractivity (Wildman–Crippen MR) is 60.5 cm³/mol. The molecule has 0 heterocycles. The number of rotatable bonds is 7. The van der Waals surface area contributed by atoms with Crippen LogP contribution in [0, 0.1) is 11.3 Å². The van der Waals surface area contributed by atoms with E-state index in [0.29, 0.717) is 11.3 Å². The number of hydrogen-bond donors (Lipinski definition) is 1. The molecule has 1 saturated carbocycles. The minimum atomic E-state index is 0.547. The summed E-state index contributed by atoms with van der Waals surface area (Å²) in [5.41, 5.74) is 0.547. The van der Waals surface area contributed by atoms with Gasteiger partial charge < -0.3 is 10.1 Å². The zero-order chi connectivity index (χ0) is 10.4. The van der Waals surface area contributed by atoms with Gasteiger partial charge in [-0.1, -0.05) is 20.3 Å². The first-order valence-corrected chi connectivity index (χ1v) is 5.95. The van der Waals surface area contributed by atoms with Crippen LogP contribution in [0.3, 0.4) is 0 Å². The van der Waals surface area contributed by atoms with Gasteiger partial charge in [0.05, 0.1) is 0 Å². The molecule has 1 rings (SSSR count). The second kappa shape index (κ2) is 5.72. The summed E-state index contributed by atoms with van der Waals surface area (Å²) in [7, 11) is 1.81. The zero-order valence-corrected chi connectivity index (χ0v) is 9.94. The lowest BCUT2D eigenvalue weighted by Gasteiger charge is -2.46.